The van der Waals surface area contributed by atoms with Crippen LogP contribution in [-0.2, 0) is 4.74 Å². The van der Waals surface area contributed by atoms with Crippen molar-refractivity contribution in [2.24, 2.45) is 26.4 Å². The Balaban J connectivity index is 1.42. The van der Waals surface area contributed by atoms with E-state index in [0.717, 1.165) is 31.1 Å². The van der Waals surface area contributed by atoms with E-state index in [-0.39, 0.29) is 23.7 Å². The first kappa shape index (κ1) is 20.8. The molecule has 0 radical (unpaired) electrons. The van der Waals surface area contributed by atoms with Crippen LogP contribution in [0.4, 0.5) is 8.78 Å². The van der Waals surface area contributed by atoms with Gasteiger partial charge in [-0.1, -0.05) is 0 Å². The molecule has 3 aliphatic rings. The molecule has 4 unspecified atom stereocenters. The summed E-state index contributed by atoms with van der Waals surface area (Å²) >= 11 is 0. The van der Waals surface area contributed by atoms with Gasteiger partial charge in [-0.3, -0.25) is 14.9 Å². The van der Waals surface area contributed by atoms with Crippen LogP contribution in [0.15, 0.2) is 33.2 Å². The molecule has 2 fully saturated rings. The number of rotatable bonds is 3. The Hall–Kier alpha value is -2.43. The third-order valence-corrected chi connectivity index (χ3v) is 6.20. The molecule has 3 aliphatic heterocycles. The van der Waals surface area contributed by atoms with Gasteiger partial charge in [-0.2, -0.15) is 0 Å². The van der Waals surface area contributed by atoms with Crippen LogP contribution in [0.25, 0.3) is 0 Å². The van der Waals surface area contributed by atoms with Gasteiger partial charge in [0.1, 0.15) is 17.7 Å². The smallest absolute Gasteiger partial charge is 0.191 e. The van der Waals surface area contributed by atoms with Crippen LogP contribution in [0.3, 0.4) is 0 Å². The normalized spacial score (nSPS) is 32.7. The highest BCUT2D eigenvalue weighted by molar-refractivity contribution is 6.42. The number of hydrogen-bond acceptors (Lipinski definition) is 6. The van der Waals surface area contributed by atoms with Crippen LogP contribution < -0.4 is 11.5 Å². The lowest BCUT2D eigenvalue weighted by atomic mass is 9.93. The first-order valence-corrected chi connectivity index (χ1v) is 10.0. The lowest BCUT2D eigenvalue weighted by Crippen LogP contribution is -2.50. The summed E-state index contributed by atoms with van der Waals surface area (Å²) in [5, 5.41) is 0. The van der Waals surface area contributed by atoms with Crippen molar-refractivity contribution in [3.63, 3.8) is 0 Å². The maximum absolute atomic E-state index is 14.2. The fourth-order valence-electron chi connectivity index (χ4n) is 4.66. The number of ether oxygens (including phenoxy) is 1. The summed E-state index contributed by atoms with van der Waals surface area (Å²) in [7, 11) is 3.65. The molecular formula is C20H27F2N7O. The van der Waals surface area contributed by atoms with Crippen LogP contribution in [0.2, 0.25) is 0 Å². The average molecular weight is 419 g/mol. The number of fused-ring (bicyclic) bond motifs is 1. The topological polar surface area (TPSA) is 105 Å². The standard InChI is InChI=1S/C20H27F2N7O/c1-25-19(26-10-23)20-27-16-7-29(8-17(16)28(20)2)12-6-15(24)18(30-9-12)13-5-11(21)3-4-14(13)22/h3-5,10,12,15-18H,6-9,24H2,1-2H3,(H2,23,25,26)/t12?,15?,16?,17?,18-/m1/s1. The number of amidine groups is 2. The molecule has 0 amide bonds. The first-order valence-electron chi connectivity index (χ1n) is 10.0. The molecule has 30 heavy (non-hydrogen) atoms. The lowest BCUT2D eigenvalue weighted by Gasteiger charge is -2.39. The van der Waals surface area contributed by atoms with E-state index < -0.39 is 23.8 Å². The second-order valence-electron chi connectivity index (χ2n) is 7.95. The van der Waals surface area contributed by atoms with Gasteiger partial charge in [0.25, 0.3) is 0 Å². The molecule has 0 aliphatic carbocycles. The third kappa shape index (κ3) is 3.70. The Kier molecular flexibility index (Phi) is 5.81. The minimum absolute atomic E-state index is 0.101. The van der Waals surface area contributed by atoms with E-state index in [2.05, 4.69) is 19.8 Å². The number of nitrogens with zero attached hydrogens (tertiary/aromatic N) is 5. The monoisotopic (exact) mass is 419 g/mol. The lowest BCUT2D eigenvalue weighted by molar-refractivity contribution is -0.0479. The molecule has 0 saturated carbocycles. The van der Waals surface area contributed by atoms with Crippen molar-refractivity contribution in [2.75, 3.05) is 33.8 Å². The summed E-state index contributed by atoms with van der Waals surface area (Å²) in [4.78, 5) is 17.5. The van der Waals surface area contributed by atoms with E-state index in [1.54, 1.807) is 7.05 Å². The Labute approximate surface area is 174 Å². The molecule has 1 aromatic rings. The number of hydrogen-bond donors (Lipinski definition) is 2. The van der Waals surface area contributed by atoms with Crippen molar-refractivity contribution in [1.29, 1.82) is 0 Å². The highest BCUT2D eigenvalue weighted by Gasteiger charge is 2.45. The molecule has 0 aromatic heterocycles. The highest BCUT2D eigenvalue weighted by Crippen LogP contribution is 2.34. The van der Waals surface area contributed by atoms with Crippen LogP contribution >= 0.6 is 0 Å². The zero-order chi connectivity index (χ0) is 21.4. The summed E-state index contributed by atoms with van der Waals surface area (Å²) in [5.41, 5.74) is 11.9. The van der Waals surface area contributed by atoms with Crippen LogP contribution in [0.1, 0.15) is 18.1 Å². The van der Waals surface area contributed by atoms with E-state index in [1.807, 2.05) is 7.05 Å². The van der Waals surface area contributed by atoms with Gasteiger partial charge in [-0.15, -0.1) is 0 Å². The molecule has 4 N–H and O–H groups in total. The van der Waals surface area contributed by atoms with Crippen molar-refractivity contribution in [3.8, 4) is 0 Å². The maximum atomic E-state index is 14.2. The molecule has 0 bridgehead atoms. The zero-order valence-corrected chi connectivity index (χ0v) is 17.1. The van der Waals surface area contributed by atoms with Gasteiger partial charge in [0.15, 0.2) is 11.7 Å². The number of halogens is 2. The Morgan fingerprint density at radius 3 is 2.80 bits per heavy atom. The fourth-order valence-corrected chi connectivity index (χ4v) is 4.66. The molecular weight excluding hydrogens is 392 g/mol. The van der Waals surface area contributed by atoms with Gasteiger partial charge in [0.2, 0.25) is 0 Å². The molecule has 5 atom stereocenters. The largest absolute Gasteiger partial charge is 0.390 e. The van der Waals surface area contributed by atoms with Crippen molar-refractivity contribution in [3.05, 3.63) is 35.4 Å². The first-order chi connectivity index (χ1) is 14.4. The summed E-state index contributed by atoms with van der Waals surface area (Å²) in [6.45, 7) is 1.98. The SMILES string of the molecule is CN=C(N=CN)C1=NC2CN(C3CO[C@H](c4cc(F)ccc4F)C(N)C3)CC2N1C. The minimum atomic E-state index is -0.649. The molecule has 4 rings (SSSR count). The number of likely N-dealkylation sites (N-methyl/N-ethyl adjacent to an activating group) is 1. The maximum Gasteiger partial charge on any atom is 0.191 e. The Morgan fingerprint density at radius 2 is 2.13 bits per heavy atom. The quantitative estimate of drug-likeness (QED) is 0.550. The zero-order valence-electron chi connectivity index (χ0n) is 17.1. The van der Waals surface area contributed by atoms with E-state index in [1.165, 1.54) is 12.4 Å². The van der Waals surface area contributed by atoms with Gasteiger partial charge in [0.05, 0.1) is 25.0 Å². The van der Waals surface area contributed by atoms with Crippen LogP contribution in [0, 0.1) is 11.6 Å². The third-order valence-electron chi connectivity index (χ3n) is 6.20. The van der Waals surface area contributed by atoms with Gasteiger partial charge >= 0.3 is 0 Å². The molecule has 162 valence electrons. The van der Waals surface area contributed by atoms with E-state index >= 15 is 0 Å². The molecule has 2 saturated heterocycles. The molecule has 8 nitrogen and oxygen atoms in total. The summed E-state index contributed by atoms with van der Waals surface area (Å²) < 4.78 is 33.6. The fraction of sp³-hybridized carbons (Fsp3) is 0.550. The predicted molar refractivity (Wildman–Crippen MR) is 112 cm³/mol. The van der Waals surface area contributed by atoms with E-state index in [9.17, 15) is 8.78 Å². The summed E-state index contributed by atoms with van der Waals surface area (Å²) in [5.74, 6) is 0.265. The van der Waals surface area contributed by atoms with Crippen molar-refractivity contribution >= 4 is 18.0 Å². The van der Waals surface area contributed by atoms with E-state index in [0.29, 0.717) is 18.9 Å². The number of aliphatic imine (C=N–C) groups is 3. The van der Waals surface area contributed by atoms with Crippen molar-refractivity contribution in [2.45, 2.75) is 36.7 Å². The number of nitrogens with two attached hydrogens (primary N) is 2. The Morgan fingerprint density at radius 1 is 1.33 bits per heavy atom. The van der Waals surface area contributed by atoms with Gasteiger partial charge < -0.3 is 21.1 Å². The Bertz CT molecular complexity index is 890. The van der Waals surface area contributed by atoms with Gasteiger partial charge in [0, 0.05) is 44.8 Å². The summed E-state index contributed by atoms with van der Waals surface area (Å²) in [6.07, 6.45) is 1.21. The highest BCUT2D eigenvalue weighted by atomic mass is 19.1. The van der Waals surface area contributed by atoms with Gasteiger partial charge in [-0.25, -0.2) is 13.8 Å². The van der Waals surface area contributed by atoms with Crippen LogP contribution in [0.5, 0.6) is 0 Å². The summed E-state index contributed by atoms with van der Waals surface area (Å²) in [6, 6.07) is 3.37. The minimum Gasteiger partial charge on any atom is -0.390 e. The molecule has 1 aromatic carbocycles. The van der Waals surface area contributed by atoms with Gasteiger partial charge in [-0.05, 0) is 24.6 Å². The second-order valence-corrected chi connectivity index (χ2v) is 7.95. The average Bonchev–Trinajstić information content (AvgIpc) is 3.28. The molecule has 0 spiro atoms. The van der Waals surface area contributed by atoms with Crippen molar-refractivity contribution < 1.29 is 13.5 Å². The number of benzene rings is 1. The van der Waals surface area contributed by atoms with E-state index in [4.69, 9.17) is 21.2 Å². The van der Waals surface area contributed by atoms with Crippen LogP contribution in [-0.4, -0.2) is 85.8 Å². The molecule has 3 heterocycles. The van der Waals surface area contributed by atoms with Crippen molar-refractivity contribution in [1.82, 2.24) is 9.80 Å². The number of likely N-dealkylation sites (tertiary alicyclic amines) is 1. The second kappa shape index (κ2) is 8.37. The predicted octanol–water partition coefficient (Wildman–Crippen LogP) is 0.534. The molecule has 10 heteroatoms.